The van der Waals surface area contributed by atoms with Gasteiger partial charge in [0.05, 0.1) is 19.3 Å². The van der Waals surface area contributed by atoms with Crippen molar-refractivity contribution in [1.29, 1.82) is 0 Å². The van der Waals surface area contributed by atoms with Gasteiger partial charge in [-0.2, -0.15) is 0 Å². The van der Waals surface area contributed by atoms with E-state index in [9.17, 15) is 0 Å². The Balaban J connectivity index is 1.84. The van der Waals surface area contributed by atoms with Crippen molar-refractivity contribution in [3.05, 3.63) is 57.7 Å². The highest BCUT2D eigenvalue weighted by Gasteiger charge is 2.09. The molecule has 3 aromatic rings. The summed E-state index contributed by atoms with van der Waals surface area (Å²) in [6.45, 7) is 0.566. The van der Waals surface area contributed by atoms with E-state index >= 15 is 0 Å². The maximum atomic E-state index is 6.00. The zero-order chi connectivity index (χ0) is 14.8. The third-order valence-corrected chi connectivity index (χ3v) is 4.09. The minimum absolute atomic E-state index is 0.566. The first-order valence-electron chi connectivity index (χ1n) is 6.42. The fraction of sp³-hybridized carbons (Fsp3) is 0.125. The van der Waals surface area contributed by atoms with Crippen molar-refractivity contribution in [2.24, 2.45) is 0 Å². The molecule has 0 saturated heterocycles. The van der Waals surface area contributed by atoms with Gasteiger partial charge in [-0.15, -0.1) is 0 Å². The Bertz CT molecular complexity index is 785. The number of nitrogens with one attached hydrogen (secondary N) is 1. The minimum Gasteiger partial charge on any atom is -0.493 e. The molecule has 108 valence electrons. The van der Waals surface area contributed by atoms with Crippen molar-refractivity contribution in [1.82, 2.24) is 0 Å². The summed E-state index contributed by atoms with van der Waals surface area (Å²) in [6.07, 6.45) is 0. The zero-order valence-corrected chi connectivity index (χ0v) is 13.7. The number of halogens is 2. The highest BCUT2D eigenvalue weighted by molar-refractivity contribution is 9.10. The van der Waals surface area contributed by atoms with Crippen molar-refractivity contribution < 1.29 is 9.15 Å². The van der Waals surface area contributed by atoms with Crippen LogP contribution in [0.1, 0.15) is 5.76 Å². The molecule has 21 heavy (non-hydrogen) atoms. The molecule has 0 atom stereocenters. The first-order chi connectivity index (χ1) is 10.2. The number of furan rings is 1. The van der Waals surface area contributed by atoms with E-state index in [1.165, 1.54) is 0 Å². The monoisotopic (exact) mass is 365 g/mol. The largest absolute Gasteiger partial charge is 0.493 e. The number of fused-ring (bicyclic) bond motifs is 1. The average Bonchev–Trinajstić information content (AvgIpc) is 2.91. The van der Waals surface area contributed by atoms with Crippen LogP contribution >= 0.6 is 27.5 Å². The Morgan fingerprint density at radius 3 is 2.90 bits per heavy atom. The first-order valence-corrected chi connectivity index (χ1v) is 7.59. The molecule has 3 nitrogen and oxygen atoms in total. The van der Waals surface area contributed by atoms with E-state index in [2.05, 4.69) is 21.2 Å². The maximum absolute atomic E-state index is 6.00. The van der Waals surface area contributed by atoms with Crippen LogP contribution in [-0.4, -0.2) is 7.11 Å². The summed E-state index contributed by atoms with van der Waals surface area (Å²) in [4.78, 5) is 0. The van der Waals surface area contributed by atoms with Crippen LogP contribution < -0.4 is 10.1 Å². The topological polar surface area (TPSA) is 34.4 Å². The standard InChI is InChI=1S/C16H13BrClNO2/c1-20-15-4-2-3-10-7-12(21-16(10)15)9-19-14-8-11(18)5-6-13(14)17/h2-8,19H,9H2,1H3. The molecule has 0 unspecified atom stereocenters. The van der Waals surface area contributed by atoms with Crippen molar-refractivity contribution >= 4 is 44.2 Å². The van der Waals surface area contributed by atoms with E-state index in [1.807, 2.05) is 42.5 Å². The van der Waals surface area contributed by atoms with Gasteiger partial charge in [0.25, 0.3) is 0 Å². The number of hydrogen-bond acceptors (Lipinski definition) is 3. The molecule has 0 radical (unpaired) electrons. The molecular formula is C16H13BrClNO2. The SMILES string of the molecule is COc1cccc2cc(CNc3cc(Cl)ccc3Br)oc12. The molecule has 1 heterocycles. The predicted molar refractivity (Wildman–Crippen MR) is 89.2 cm³/mol. The maximum Gasteiger partial charge on any atom is 0.176 e. The Kier molecular flexibility index (Phi) is 4.08. The van der Waals surface area contributed by atoms with Gasteiger partial charge in [0.15, 0.2) is 11.3 Å². The lowest BCUT2D eigenvalue weighted by atomic mass is 10.2. The molecule has 0 fully saturated rings. The lowest BCUT2D eigenvalue weighted by Gasteiger charge is -2.07. The summed E-state index contributed by atoms with van der Waals surface area (Å²) in [5, 5.41) is 5.01. The van der Waals surface area contributed by atoms with Crippen LogP contribution in [0.3, 0.4) is 0 Å². The molecular weight excluding hydrogens is 354 g/mol. The van der Waals surface area contributed by atoms with Gasteiger partial charge in [0, 0.05) is 14.9 Å². The lowest BCUT2D eigenvalue weighted by molar-refractivity contribution is 0.408. The fourth-order valence-corrected chi connectivity index (χ4v) is 2.71. The van der Waals surface area contributed by atoms with Gasteiger partial charge in [-0.25, -0.2) is 0 Å². The Labute approximate surface area is 136 Å². The number of hydrogen-bond donors (Lipinski definition) is 1. The quantitative estimate of drug-likeness (QED) is 0.665. The van der Waals surface area contributed by atoms with Crippen LogP contribution in [0.2, 0.25) is 5.02 Å². The van der Waals surface area contributed by atoms with Crippen molar-refractivity contribution in [2.75, 3.05) is 12.4 Å². The minimum atomic E-state index is 0.566. The van der Waals surface area contributed by atoms with Gasteiger partial charge in [0.2, 0.25) is 0 Å². The molecule has 0 aliphatic carbocycles. The summed E-state index contributed by atoms with van der Waals surface area (Å²) < 4.78 is 12.1. The number of ether oxygens (including phenoxy) is 1. The summed E-state index contributed by atoms with van der Waals surface area (Å²) in [7, 11) is 1.64. The molecule has 0 spiro atoms. The van der Waals surface area contributed by atoms with Gasteiger partial charge in [-0.3, -0.25) is 0 Å². The molecule has 0 saturated carbocycles. The third kappa shape index (κ3) is 3.01. The first kappa shape index (κ1) is 14.3. The van der Waals surface area contributed by atoms with Crippen molar-refractivity contribution in [3.63, 3.8) is 0 Å². The van der Waals surface area contributed by atoms with E-state index < -0.39 is 0 Å². The Morgan fingerprint density at radius 1 is 1.24 bits per heavy atom. The van der Waals surface area contributed by atoms with Crippen molar-refractivity contribution in [3.8, 4) is 5.75 Å². The van der Waals surface area contributed by atoms with Gasteiger partial charge in [0.1, 0.15) is 5.76 Å². The molecule has 1 aromatic heterocycles. The van der Waals surface area contributed by atoms with Crippen LogP contribution in [0, 0.1) is 0 Å². The highest BCUT2D eigenvalue weighted by Crippen LogP contribution is 2.30. The van der Waals surface area contributed by atoms with Gasteiger partial charge in [-0.05, 0) is 46.3 Å². The molecule has 0 aliphatic rings. The van der Waals surface area contributed by atoms with Crippen LogP contribution in [-0.2, 0) is 6.54 Å². The molecule has 2 aromatic carbocycles. The Morgan fingerprint density at radius 2 is 2.10 bits per heavy atom. The number of anilines is 1. The smallest absolute Gasteiger partial charge is 0.176 e. The van der Waals surface area contributed by atoms with E-state index in [4.69, 9.17) is 20.8 Å². The second-order valence-corrected chi connectivity index (χ2v) is 5.86. The van der Waals surface area contributed by atoms with E-state index in [0.717, 1.165) is 32.6 Å². The van der Waals surface area contributed by atoms with Crippen LogP contribution in [0.25, 0.3) is 11.0 Å². The second-order valence-electron chi connectivity index (χ2n) is 4.57. The summed E-state index contributed by atoms with van der Waals surface area (Å²) in [5.41, 5.74) is 1.69. The van der Waals surface area contributed by atoms with Crippen molar-refractivity contribution in [2.45, 2.75) is 6.54 Å². The van der Waals surface area contributed by atoms with Gasteiger partial charge in [-0.1, -0.05) is 23.7 Å². The van der Waals surface area contributed by atoms with Gasteiger partial charge >= 0.3 is 0 Å². The molecule has 0 bridgehead atoms. The summed E-state index contributed by atoms with van der Waals surface area (Å²) >= 11 is 9.49. The number of rotatable bonds is 4. The summed E-state index contributed by atoms with van der Waals surface area (Å²) in [6, 6.07) is 13.4. The zero-order valence-electron chi connectivity index (χ0n) is 11.3. The van der Waals surface area contributed by atoms with E-state index in [-0.39, 0.29) is 0 Å². The van der Waals surface area contributed by atoms with Crippen LogP contribution in [0.4, 0.5) is 5.69 Å². The average molecular weight is 367 g/mol. The molecule has 1 N–H and O–H groups in total. The second kappa shape index (κ2) is 6.00. The highest BCUT2D eigenvalue weighted by atomic mass is 79.9. The Hall–Kier alpha value is -1.65. The molecule has 5 heteroatoms. The summed E-state index contributed by atoms with van der Waals surface area (Å²) in [5.74, 6) is 1.57. The normalized spacial score (nSPS) is 10.8. The number of benzene rings is 2. The van der Waals surface area contributed by atoms with Crippen LogP contribution in [0.15, 0.2) is 51.4 Å². The number of para-hydroxylation sites is 1. The van der Waals surface area contributed by atoms with Gasteiger partial charge < -0.3 is 14.5 Å². The van der Waals surface area contributed by atoms with Crippen LogP contribution in [0.5, 0.6) is 5.75 Å². The predicted octanol–water partition coefficient (Wildman–Crippen LogP) is 5.47. The van der Waals surface area contributed by atoms with E-state index in [0.29, 0.717) is 11.6 Å². The molecule has 3 rings (SSSR count). The fourth-order valence-electron chi connectivity index (χ4n) is 2.15. The lowest BCUT2D eigenvalue weighted by Crippen LogP contribution is -1.98. The molecule has 0 amide bonds. The number of methoxy groups -OCH3 is 1. The third-order valence-electron chi connectivity index (χ3n) is 3.16. The molecule has 0 aliphatic heterocycles. The van der Waals surface area contributed by atoms with E-state index in [1.54, 1.807) is 7.11 Å².